The molecular formula is C18H17NO3S. The third-order valence-electron chi connectivity index (χ3n) is 3.64. The first-order valence-electron chi connectivity index (χ1n) is 7.44. The minimum absolute atomic E-state index is 0.0575. The van der Waals surface area contributed by atoms with Crippen LogP contribution in [0.1, 0.15) is 25.0 Å². The smallest absolute Gasteiger partial charge is 0.308 e. The molecule has 4 nitrogen and oxygen atoms in total. The molecule has 3 rings (SSSR count). The van der Waals surface area contributed by atoms with Gasteiger partial charge in [0.25, 0.3) is 0 Å². The van der Waals surface area contributed by atoms with Crippen LogP contribution in [0.15, 0.2) is 59.5 Å². The summed E-state index contributed by atoms with van der Waals surface area (Å²) in [4.78, 5) is 25.2. The summed E-state index contributed by atoms with van der Waals surface area (Å²) in [6, 6.07) is 17.1. The molecule has 0 radical (unpaired) electrons. The van der Waals surface area contributed by atoms with Gasteiger partial charge in [-0.1, -0.05) is 42.5 Å². The van der Waals surface area contributed by atoms with Gasteiger partial charge in [-0.3, -0.25) is 9.59 Å². The molecule has 2 atom stereocenters. The first-order valence-corrected chi connectivity index (χ1v) is 8.32. The largest absolute Gasteiger partial charge is 0.458 e. The Bertz CT molecular complexity index is 717. The highest BCUT2D eigenvalue weighted by Crippen LogP contribution is 2.36. The molecule has 23 heavy (non-hydrogen) atoms. The fourth-order valence-corrected chi connectivity index (χ4v) is 3.51. The first-order chi connectivity index (χ1) is 11.1. The second kappa shape index (κ2) is 6.87. The number of carbonyl (C=O) groups excluding carboxylic acids is 2. The summed E-state index contributed by atoms with van der Waals surface area (Å²) < 4.78 is 5.44. The quantitative estimate of drug-likeness (QED) is 0.868. The molecule has 0 aromatic heterocycles. The molecule has 0 unspecified atom stereocenters. The summed E-state index contributed by atoms with van der Waals surface area (Å²) in [6.07, 6.45) is -0.269. The molecule has 0 saturated carbocycles. The summed E-state index contributed by atoms with van der Waals surface area (Å²) in [5.74, 6) is -0.522. The molecule has 1 aliphatic rings. The number of rotatable bonds is 4. The number of carbonyl (C=O) groups is 2. The zero-order valence-corrected chi connectivity index (χ0v) is 13.5. The summed E-state index contributed by atoms with van der Waals surface area (Å²) >= 11 is 1.40. The number of esters is 1. The van der Waals surface area contributed by atoms with Crippen molar-refractivity contribution in [2.75, 3.05) is 5.32 Å². The van der Waals surface area contributed by atoms with E-state index in [1.165, 1.54) is 11.8 Å². The lowest BCUT2D eigenvalue weighted by Gasteiger charge is -2.24. The number of fused-ring (bicyclic) bond motifs is 1. The first kappa shape index (κ1) is 15.6. The average Bonchev–Trinajstić information content (AvgIpc) is 2.56. The van der Waals surface area contributed by atoms with Crippen LogP contribution in [-0.4, -0.2) is 17.1 Å². The van der Waals surface area contributed by atoms with Crippen LogP contribution in [0.4, 0.5) is 5.69 Å². The number of hydrogen-bond donors (Lipinski definition) is 1. The number of benzene rings is 2. The van der Waals surface area contributed by atoms with Crippen LogP contribution in [0.5, 0.6) is 0 Å². The summed E-state index contributed by atoms with van der Waals surface area (Å²) in [7, 11) is 0. The van der Waals surface area contributed by atoms with E-state index in [2.05, 4.69) is 5.32 Å². The molecule has 0 bridgehead atoms. The molecule has 118 valence electrons. The Morgan fingerprint density at radius 2 is 1.87 bits per heavy atom. The van der Waals surface area contributed by atoms with Crippen LogP contribution >= 0.6 is 11.8 Å². The van der Waals surface area contributed by atoms with E-state index in [9.17, 15) is 9.59 Å². The molecule has 2 aromatic carbocycles. The van der Waals surface area contributed by atoms with E-state index in [4.69, 9.17) is 4.74 Å². The normalized spacial score (nSPS) is 17.8. The van der Waals surface area contributed by atoms with Gasteiger partial charge < -0.3 is 10.1 Å². The monoisotopic (exact) mass is 327 g/mol. The number of thioether (sulfide) groups is 1. The van der Waals surface area contributed by atoms with Gasteiger partial charge in [-0.25, -0.2) is 0 Å². The van der Waals surface area contributed by atoms with Crippen molar-refractivity contribution >= 4 is 29.3 Å². The molecule has 0 spiro atoms. The highest BCUT2D eigenvalue weighted by Gasteiger charge is 2.29. The molecule has 5 heteroatoms. The Morgan fingerprint density at radius 1 is 1.17 bits per heavy atom. The number of nitrogens with one attached hydrogen (secondary N) is 1. The van der Waals surface area contributed by atoms with Crippen molar-refractivity contribution in [1.29, 1.82) is 0 Å². The van der Waals surface area contributed by atoms with Crippen LogP contribution in [0.25, 0.3) is 0 Å². The van der Waals surface area contributed by atoms with E-state index < -0.39 is 5.25 Å². The minimum Gasteiger partial charge on any atom is -0.458 e. The maximum atomic E-state index is 12.1. The fourth-order valence-electron chi connectivity index (χ4n) is 2.42. The highest BCUT2D eigenvalue weighted by molar-refractivity contribution is 8.01. The molecule has 0 fully saturated rings. The summed E-state index contributed by atoms with van der Waals surface area (Å²) in [6.45, 7) is 1.83. The van der Waals surface area contributed by atoms with Crippen molar-refractivity contribution in [3.8, 4) is 0 Å². The van der Waals surface area contributed by atoms with Gasteiger partial charge >= 0.3 is 5.97 Å². The maximum Gasteiger partial charge on any atom is 0.308 e. The number of anilines is 1. The van der Waals surface area contributed by atoms with Crippen LogP contribution < -0.4 is 5.32 Å². The van der Waals surface area contributed by atoms with E-state index in [-0.39, 0.29) is 24.4 Å². The third-order valence-corrected chi connectivity index (χ3v) is 4.91. The van der Waals surface area contributed by atoms with Crippen molar-refractivity contribution in [3.63, 3.8) is 0 Å². The lowest BCUT2D eigenvalue weighted by atomic mass is 10.1. The van der Waals surface area contributed by atoms with Crippen molar-refractivity contribution in [1.82, 2.24) is 0 Å². The minimum atomic E-state index is -0.458. The van der Waals surface area contributed by atoms with Crippen LogP contribution in [0.3, 0.4) is 0 Å². The lowest BCUT2D eigenvalue weighted by molar-refractivity contribution is -0.149. The Hall–Kier alpha value is -2.27. The topological polar surface area (TPSA) is 55.4 Å². The summed E-state index contributed by atoms with van der Waals surface area (Å²) in [5.41, 5.74) is 1.73. The number of hydrogen-bond acceptors (Lipinski definition) is 4. The number of ether oxygens (including phenoxy) is 1. The molecule has 1 amide bonds. The summed E-state index contributed by atoms with van der Waals surface area (Å²) in [5, 5.41) is 2.37. The Kier molecular flexibility index (Phi) is 4.67. The van der Waals surface area contributed by atoms with Crippen molar-refractivity contribution in [2.45, 2.75) is 29.6 Å². The van der Waals surface area contributed by atoms with Gasteiger partial charge in [0.15, 0.2) is 0 Å². The average molecular weight is 327 g/mol. The van der Waals surface area contributed by atoms with E-state index >= 15 is 0 Å². The second-order valence-electron chi connectivity index (χ2n) is 5.34. The van der Waals surface area contributed by atoms with Gasteiger partial charge in [0.1, 0.15) is 6.10 Å². The Morgan fingerprint density at radius 3 is 2.65 bits per heavy atom. The van der Waals surface area contributed by atoms with Crippen molar-refractivity contribution < 1.29 is 14.3 Å². The number of amides is 1. The Balaban J connectivity index is 1.61. The van der Waals surface area contributed by atoms with E-state index in [0.717, 1.165) is 16.1 Å². The maximum absolute atomic E-state index is 12.1. The predicted octanol–water partition coefficient (Wildman–Crippen LogP) is 3.79. The Labute approximate surface area is 139 Å². The molecular weight excluding hydrogens is 310 g/mol. The molecule has 1 N–H and O–H groups in total. The van der Waals surface area contributed by atoms with Crippen LogP contribution in [0.2, 0.25) is 0 Å². The highest BCUT2D eigenvalue weighted by atomic mass is 32.2. The second-order valence-corrected chi connectivity index (χ2v) is 6.58. The van der Waals surface area contributed by atoms with Gasteiger partial charge in [-0.05, 0) is 24.6 Å². The molecule has 1 aliphatic heterocycles. The van der Waals surface area contributed by atoms with E-state index in [0.29, 0.717) is 0 Å². The molecule has 0 aliphatic carbocycles. The van der Waals surface area contributed by atoms with Gasteiger partial charge in [0, 0.05) is 4.90 Å². The zero-order chi connectivity index (χ0) is 16.2. The molecule has 0 saturated heterocycles. The molecule has 1 heterocycles. The SMILES string of the molecule is C[C@@H](OC(=O)C[C@H]1Sc2ccccc2NC1=O)c1ccccc1. The fraction of sp³-hybridized carbons (Fsp3) is 0.222. The van der Waals surface area contributed by atoms with Crippen LogP contribution in [0, 0.1) is 0 Å². The van der Waals surface area contributed by atoms with Gasteiger partial charge in [0.2, 0.25) is 5.91 Å². The van der Waals surface area contributed by atoms with Gasteiger partial charge in [-0.2, -0.15) is 0 Å². The van der Waals surface area contributed by atoms with Gasteiger partial charge in [-0.15, -0.1) is 11.8 Å². The lowest BCUT2D eigenvalue weighted by Crippen LogP contribution is -2.31. The van der Waals surface area contributed by atoms with Crippen molar-refractivity contribution in [3.05, 3.63) is 60.2 Å². The standard InChI is InChI=1S/C18H17NO3S/c1-12(13-7-3-2-4-8-13)22-17(20)11-16-18(21)19-14-9-5-6-10-15(14)23-16/h2-10,12,16H,11H2,1H3,(H,19,21)/t12-,16-/m1/s1. The van der Waals surface area contributed by atoms with Crippen LogP contribution in [-0.2, 0) is 14.3 Å². The zero-order valence-electron chi connectivity index (χ0n) is 12.7. The van der Waals surface area contributed by atoms with Crippen molar-refractivity contribution in [2.24, 2.45) is 0 Å². The van der Waals surface area contributed by atoms with E-state index in [1.54, 1.807) is 0 Å². The molecule has 2 aromatic rings. The number of para-hydroxylation sites is 1. The third kappa shape index (κ3) is 3.74. The predicted molar refractivity (Wildman–Crippen MR) is 90.3 cm³/mol. The van der Waals surface area contributed by atoms with E-state index in [1.807, 2.05) is 61.5 Å². The van der Waals surface area contributed by atoms with Gasteiger partial charge in [0.05, 0.1) is 17.4 Å².